The molecule has 4 atom stereocenters. The van der Waals surface area contributed by atoms with E-state index >= 15 is 0 Å². The first-order chi connectivity index (χ1) is 14.4. The highest BCUT2D eigenvalue weighted by Crippen LogP contribution is 2.06. The SMILES string of the molecule is CC(C)CC(NC(=O)C(CC(=O)O)NC(=O)C(C)NC(=O)C(N)CCCCN)C(=O)O. The quantitative estimate of drug-likeness (QED) is 0.146. The molecule has 0 aromatic rings. The third-order valence-corrected chi connectivity index (χ3v) is 4.39. The molecule has 178 valence electrons. The van der Waals surface area contributed by atoms with E-state index in [0.717, 1.165) is 0 Å². The maximum absolute atomic E-state index is 12.4. The molecule has 31 heavy (non-hydrogen) atoms. The smallest absolute Gasteiger partial charge is 0.326 e. The van der Waals surface area contributed by atoms with Crippen molar-refractivity contribution in [2.24, 2.45) is 17.4 Å². The predicted molar refractivity (Wildman–Crippen MR) is 112 cm³/mol. The lowest BCUT2D eigenvalue weighted by Gasteiger charge is -2.23. The molecule has 0 bridgehead atoms. The molecule has 0 heterocycles. The molecule has 0 aliphatic carbocycles. The number of carbonyl (C=O) groups excluding carboxylic acids is 3. The van der Waals surface area contributed by atoms with Crippen molar-refractivity contribution in [2.75, 3.05) is 6.54 Å². The number of unbranched alkanes of at least 4 members (excludes halogenated alkanes) is 1. The van der Waals surface area contributed by atoms with Crippen molar-refractivity contribution in [3.63, 3.8) is 0 Å². The maximum atomic E-state index is 12.4. The lowest BCUT2D eigenvalue weighted by atomic mass is 10.0. The zero-order chi connectivity index (χ0) is 24.1. The highest BCUT2D eigenvalue weighted by atomic mass is 16.4. The van der Waals surface area contributed by atoms with Gasteiger partial charge >= 0.3 is 11.9 Å². The minimum atomic E-state index is -1.52. The van der Waals surface area contributed by atoms with Crippen molar-refractivity contribution < 1.29 is 34.2 Å². The highest BCUT2D eigenvalue weighted by molar-refractivity contribution is 5.95. The fourth-order valence-electron chi connectivity index (χ4n) is 2.67. The van der Waals surface area contributed by atoms with Gasteiger partial charge in [0.2, 0.25) is 17.7 Å². The van der Waals surface area contributed by atoms with Crippen LogP contribution in [-0.4, -0.2) is 70.6 Å². The van der Waals surface area contributed by atoms with E-state index in [-0.39, 0.29) is 12.3 Å². The summed E-state index contributed by atoms with van der Waals surface area (Å²) in [6, 6.07) is -4.68. The van der Waals surface area contributed by atoms with E-state index in [9.17, 15) is 29.1 Å². The van der Waals surface area contributed by atoms with Gasteiger partial charge in [-0.3, -0.25) is 19.2 Å². The molecule has 12 nitrogen and oxygen atoms in total. The van der Waals surface area contributed by atoms with Gasteiger partial charge in [-0.25, -0.2) is 4.79 Å². The van der Waals surface area contributed by atoms with Gasteiger partial charge in [0.1, 0.15) is 18.1 Å². The first-order valence-electron chi connectivity index (χ1n) is 10.2. The minimum Gasteiger partial charge on any atom is -0.481 e. The zero-order valence-electron chi connectivity index (χ0n) is 18.2. The predicted octanol–water partition coefficient (Wildman–Crippen LogP) is -1.48. The van der Waals surface area contributed by atoms with Gasteiger partial charge in [0, 0.05) is 0 Å². The summed E-state index contributed by atoms with van der Waals surface area (Å²) in [5.74, 6) is -5.00. The van der Waals surface area contributed by atoms with Crippen molar-refractivity contribution >= 4 is 29.7 Å². The molecular weight excluding hydrogens is 410 g/mol. The maximum Gasteiger partial charge on any atom is 0.326 e. The monoisotopic (exact) mass is 445 g/mol. The van der Waals surface area contributed by atoms with Crippen LogP contribution in [0.25, 0.3) is 0 Å². The van der Waals surface area contributed by atoms with E-state index in [4.69, 9.17) is 16.6 Å². The Bertz CT molecular complexity index is 641. The molecule has 0 fully saturated rings. The van der Waals surface area contributed by atoms with Crippen molar-refractivity contribution in [3.8, 4) is 0 Å². The number of nitrogens with two attached hydrogens (primary N) is 2. The number of carboxylic acids is 2. The number of hydrogen-bond acceptors (Lipinski definition) is 7. The molecular formula is C19H35N5O7. The van der Waals surface area contributed by atoms with Crippen molar-refractivity contribution in [2.45, 2.75) is 77.0 Å². The van der Waals surface area contributed by atoms with Crippen LogP contribution < -0.4 is 27.4 Å². The summed E-state index contributed by atoms with van der Waals surface area (Å²) in [4.78, 5) is 59.4. The summed E-state index contributed by atoms with van der Waals surface area (Å²) in [5, 5.41) is 25.2. The van der Waals surface area contributed by atoms with E-state index in [1.807, 2.05) is 0 Å². The molecule has 0 aromatic carbocycles. The Morgan fingerprint density at radius 1 is 0.839 bits per heavy atom. The number of aliphatic carboxylic acids is 2. The summed E-state index contributed by atoms with van der Waals surface area (Å²) in [6.45, 7) is 5.36. The average Bonchev–Trinajstić information content (AvgIpc) is 2.65. The van der Waals surface area contributed by atoms with Gasteiger partial charge in [0.25, 0.3) is 0 Å². The molecule has 9 N–H and O–H groups in total. The lowest BCUT2D eigenvalue weighted by Crippen LogP contribution is -2.56. The van der Waals surface area contributed by atoms with Gasteiger partial charge in [-0.05, 0) is 38.6 Å². The van der Waals surface area contributed by atoms with Crippen LogP contribution in [0, 0.1) is 5.92 Å². The van der Waals surface area contributed by atoms with Crippen molar-refractivity contribution in [1.29, 1.82) is 0 Å². The van der Waals surface area contributed by atoms with Crippen LogP contribution in [0.2, 0.25) is 0 Å². The second kappa shape index (κ2) is 14.3. The van der Waals surface area contributed by atoms with E-state index in [0.29, 0.717) is 25.8 Å². The molecule has 0 rings (SSSR count). The van der Waals surface area contributed by atoms with Gasteiger partial charge in [0.15, 0.2) is 0 Å². The Balaban J connectivity index is 5.03. The molecule has 0 radical (unpaired) electrons. The number of carboxylic acid groups (broad SMARTS) is 2. The molecule has 0 spiro atoms. The van der Waals surface area contributed by atoms with Crippen LogP contribution in [0.1, 0.15) is 52.9 Å². The third-order valence-electron chi connectivity index (χ3n) is 4.39. The Hall–Kier alpha value is -2.73. The first-order valence-corrected chi connectivity index (χ1v) is 10.2. The topological polar surface area (TPSA) is 214 Å². The second-order valence-corrected chi connectivity index (χ2v) is 7.81. The number of carbonyl (C=O) groups is 5. The summed E-state index contributed by atoms with van der Waals surface area (Å²) in [5.41, 5.74) is 11.1. The zero-order valence-corrected chi connectivity index (χ0v) is 18.2. The van der Waals surface area contributed by atoms with Crippen LogP contribution in [0.15, 0.2) is 0 Å². The molecule has 0 saturated carbocycles. The van der Waals surface area contributed by atoms with E-state index < -0.39 is 60.2 Å². The highest BCUT2D eigenvalue weighted by Gasteiger charge is 2.30. The lowest BCUT2D eigenvalue weighted by molar-refractivity contribution is -0.144. The normalized spacial score (nSPS) is 14.8. The van der Waals surface area contributed by atoms with Crippen molar-refractivity contribution in [1.82, 2.24) is 16.0 Å². The fraction of sp³-hybridized carbons (Fsp3) is 0.737. The van der Waals surface area contributed by atoms with Crippen molar-refractivity contribution in [3.05, 3.63) is 0 Å². The molecule has 3 amide bonds. The van der Waals surface area contributed by atoms with Gasteiger partial charge in [-0.15, -0.1) is 0 Å². The number of rotatable bonds is 15. The van der Waals surface area contributed by atoms with Crippen LogP contribution in [0.3, 0.4) is 0 Å². The Morgan fingerprint density at radius 2 is 1.42 bits per heavy atom. The molecule has 0 aromatic heterocycles. The third kappa shape index (κ3) is 11.9. The molecule has 0 aliphatic rings. The molecule has 12 heteroatoms. The largest absolute Gasteiger partial charge is 0.481 e. The molecule has 0 saturated heterocycles. The minimum absolute atomic E-state index is 0.0433. The van der Waals surface area contributed by atoms with Gasteiger partial charge in [-0.2, -0.15) is 0 Å². The standard InChI is InChI=1S/C19H35N5O7/c1-10(2)8-14(19(30)31)24-18(29)13(9-15(25)26)23-16(27)11(3)22-17(28)12(21)6-4-5-7-20/h10-14H,4-9,20-21H2,1-3H3,(H,22,28)(H,23,27)(H,24,29)(H,25,26)(H,30,31). The Morgan fingerprint density at radius 3 is 1.90 bits per heavy atom. The van der Waals surface area contributed by atoms with Crippen LogP contribution >= 0.6 is 0 Å². The Kier molecular flexibility index (Phi) is 13.0. The van der Waals surface area contributed by atoms with Crippen LogP contribution in [-0.2, 0) is 24.0 Å². The van der Waals surface area contributed by atoms with Crippen LogP contribution in [0.5, 0.6) is 0 Å². The van der Waals surface area contributed by atoms with E-state index in [2.05, 4.69) is 16.0 Å². The van der Waals surface area contributed by atoms with Gasteiger partial charge in [-0.1, -0.05) is 20.3 Å². The van der Waals surface area contributed by atoms with Gasteiger partial charge < -0.3 is 37.6 Å². The van der Waals surface area contributed by atoms with E-state index in [1.165, 1.54) is 6.92 Å². The average molecular weight is 446 g/mol. The van der Waals surface area contributed by atoms with Gasteiger partial charge in [0.05, 0.1) is 12.5 Å². The first kappa shape index (κ1) is 28.3. The molecule has 4 unspecified atom stereocenters. The number of hydrogen-bond donors (Lipinski definition) is 7. The second-order valence-electron chi connectivity index (χ2n) is 7.81. The summed E-state index contributed by atoms with van der Waals surface area (Å²) in [6.07, 6.45) is 1.10. The summed E-state index contributed by atoms with van der Waals surface area (Å²) in [7, 11) is 0. The number of nitrogens with one attached hydrogen (secondary N) is 3. The van der Waals surface area contributed by atoms with Crippen LogP contribution in [0.4, 0.5) is 0 Å². The summed E-state index contributed by atoms with van der Waals surface area (Å²) >= 11 is 0. The Labute approximate surface area is 181 Å². The number of amides is 3. The summed E-state index contributed by atoms with van der Waals surface area (Å²) < 4.78 is 0. The van der Waals surface area contributed by atoms with E-state index in [1.54, 1.807) is 13.8 Å². The molecule has 0 aliphatic heterocycles. The fourth-order valence-corrected chi connectivity index (χ4v) is 2.67.